The zero-order valence-electron chi connectivity index (χ0n) is 11.3. The lowest BCUT2D eigenvalue weighted by Crippen LogP contribution is -2.11. The zero-order valence-corrected chi connectivity index (χ0v) is 12.1. The second-order valence-electron chi connectivity index (χ2n) is 4.89. The average Bonchev–Trinajstić information content (AvgIpc) is 2.80. The van der Waals surface area contributed by atoms with Gasteiger partial charge in [-0.2, -0.15) is 0 Å². The average molecular weight is 275 g/mol. The van der Waals surface area contributed by atoms with Crippen molar-refractivity contribution in [1.82, 2.24) is 4.98 Å². The van der Waals surface area contributed by atoms with E-state index in [2.05, 4.69) is 37.0 Å². The molecule has 2 rings (SSSR count). The third kappa shape index (κ3) is 3.20. The largest absolute Gasteiger partial charge is 0.481 e. The van der Waals surface area contributed by atoms with Crippen molar-refractivity contribution in [2.45, 2.75) is 27.2 Å². The number of nitrogens with zero attached hydrogens (tertiary/aromatic N) is 1. The Morgan fingerprint density at radius 3 is 2.84 bits per heavy atom. The Labute approximate surface area is 116 Å². The van der Waals surface area contributed by atoms with Gasteiger partial charge < -0.3 is 5.11 Å². The van der Waals surface area contributed by atoms with Crippen molar-refractivity contribution < 1.29 is 9.90 Å². The van der Waals surface area contributed by atoms with Crippen LogP contribution in [-0.4, -0.2) is 16.1 Å². The molecule has 100 valence electrons. The first kappa shape index (κ1) is 13.7. The van der Waals surface area contributed by atoms with E-state index in [-0.39, 0.29) is 0 Å². The summed E-state index contributed by atoms with van der Waals surface area (Å²) in [6, 6.07) is 6.29. The SMILES string of the molecule is Cc1ccc(C)c(-c2csc(CC(C)C(=O)O)n2)c1. The third-order valence-electron chi connectivity index (χ3n) is 3.12. The van der Waals surface area contributed by atoms with Gasteiger partial charge in [-0.05, 0) is 25.5 Å². The maximum atomic E-state index is 10.9. The molecule has 4 heteroatoms. The molecule has 1 aromatic heterocycles. The molecule has 3 nitrogen and oxygen atoms in total. The number of hydrogen-bond acceptors (Lipinski definition) is 3. The number of carboxylic acid groups (broad SMARTS) is 1. The number of carbonyl (C=O) groups is 1. The minimum Gasteiger partial charge on any atom is -0.481 e. The Kier molecular flexibility index (Phi) is 4.00. The molecule has 1 atom stereocenters. The van der Waals surface area contributed by atoms with Crippen molar-refractivity contribution in [2.75, 3.05) is 0 Å². The summed E-state index contributed by atoms with van der Waals surface area (Å²) in [5.74, 6) is -1.17. The van der Waals surface area contributed by atoms with Crippen molar-refractivity contribution in [1.29, 1.82) is 0 Å². The number of rotatable bonds is 4. The summed E-state index contributed by atoms with van der Waals surface area (Å²) in [6.45, 7) is 5.83. The molecule has 1 aromatic carbocycles. The van der Waals surface area contributed by atoms with E-state index in [9.17, 15) is 4.79 Å². The lowest BCUT2D eigenvalue weighted by Gasteiger charge is -2.04. The Balaban J connectivity index is 2.26. The number of carboxylic acids is 1. The molecule has 1 N–H and O–H groups in total. The van der Waals surface area contributed by atoms with E-state index in [4.69, 9.17) is 5.11 Å². The summed E-state index contributed by atoms with van der Waals surface area (Å²) in [5, 5.41) is 11.8. The molecule has 19 heavy (non-hydrogen) atoms. The number of aromatic nitrogens is 1. The molecule has 0 aliphatic heterocycles. The van der Waals surface area contributed by atoms with Crippen LogP contribution in [0.2, 0.25) is 0 Å². The Morgan fingerprint density at radius 2 is 2.16 bits per heavy atom. The van der Waals surface area contributed by atoms with Crippen LogP contribution in [0.5, 0.6) is 0 Å². The van der Waals surface area contributed by atoms with Gasteiger partial charge in [0.1, 0.15) is 0 Å². The second-order valence-corrected chi connectivity index (χ2v) is 5.83. The summed E-state index contributed by atoms with van der Waals surface area (Å²) in [7, 11) is 0. The molecule has 0 radical (unpaired) electrons. The lowest BCUT2D eigenvalue weighted by atomic mass is 10.0. The number of aliphatic carboxylic acids is 1. The molecular weight excluding hydrogens is 258 g/mol. The maximum absolute atomic E-state index is 10.9. The summed E-state index contributed by atoms with van der Waals surface area (Å²) in [6.07, 6.45) is 0.491. The van der Waals surface area contributed by atoms with Crippen molar-refractivity contribution in [3.63, 3.8) is 0 Å². The van der Waals surface area contributed by atoms with Gasteiger partial charge in [0.15, 0.2) is 0 Å². The van der Waals surface area contributed by atoms with Gasteiger partial charge in [0.05, 0.1) is 16.6 Å². The van der Waals surface area contributed by atoms with Crippen LogP contribution in [0.1, 0.15) is 23.1 Å². The third-order valence-corrected chi connectivity index (χ3v) is 3.99. The molecule has 0 aliphatic carbocycles. The molecule has 0 amide bonds. The van der Waals surface area contributed by atoms with Gasteiger partial charge in [-0.1, -0.05) is 24.6 Å². The summed E-state index contributed by atoms with van der Waals surface area (Å²) < 4.78 is 0. The molecule has 2 aromatic rings. The van der Waals surface area contributed by atoms with Gasteiger partial charge in [0.2, 0.25) is 0 Å². The minimum absolute atomic E-state index is 0.391. The fourth-order valence-electron chi connectivity index (χ4n) is 1.89. The molecule has 0 saturated heterocycles. The zero-order chi connectivity index (χ0) is 14.0. The normalized spacial score (nSPS) is 12.4. The van der Waals surface area contributed by atoms with Crippen LogP contribution < -0.4 is 0 Å². The highest BCUT2D eigenvalue weighted by Crippen LogP contribution is 2.27. The second kappa shape index (κ2) is 5.53. The van der Waals surface area contributed by atoms with Crippen molar-refractivity contribution in [3.8, 4) is 11.3 Å². The first-order chi connectivity index (χ1) is 8.97. The Hall–Kier alpha value is -1.68. The summed E-state index contributed by atoms with van der Waals surface area (Å²) in [4.78, 5) is 15.4. The topological polar surface area (TPSA) is 50.2 Å². The van der Waals surface area contributed by atoms with Crippen LogP contribution in [0.15, 0.2) is 23.6 Å². The van der Waals surface area contributed by atoms with Crippen LogP contribution in [0.3, 0.4) is 0 Å². The molecular formula is C15H17NO2S. The van der Waals surface area contributed by atoms with Gasteiger partial charge >= 0.3 is 5.97 Å². The predicted octanol–water partition coefficient (Wildman–Crippen LogP) is 3.69. The fourth-order valence-corrected chi connectivity index (χ4v) is 2.81. The van der Waals surface area contributed by atoms with Crippen LogP contribution in [0, 0.1) is 19.8 Å². The van der Waals surface area contributed by atoms with E-state index in [0.29, 0.717) is 6.42 Å². The number of hydrogen-bond donors (Lipinski definition) is 1. The van der Waals surface area contributed by atoms with Crippen LogP contribution in [0.4, 0.5) is 0 Å². The van der Waals surface area contributed by atoms with Gasteiger partial charge in [-0.25, -0.2) is 4.98 Å². The van der Waals surface area contributed by atoms with E-state index < -0.39 is 11.9 Å². The minimum atomic E-state index is -0.775. The summed E-state index contributed by atoms with van der Waals surface area (Å²) >= 11 is 1.53. The van der Waals surface area contributed by atoms with Gasteiger partial charge in [0, 0.05) is 17.4 Å². The van der Waals surface area contributed by atoms with Crippen molar-refractivity contribution >= 4 is 17.3 Å². The van der Waals surface area contributed by atoms with E-state index >= 15 is 0 Å². The smallest absolute Gasteiger partial charge is 0.306 e. The molecule has 0 saturated carbocycles. The molecule has 0 fully saturated rings. The monoisotopic (exact) mass is 275 g/mol. The van der Waals surface area contributed by atoms with Crippen LogP contribution in [-0.2, 0) is 11.2 Å². The van der Waals surface area contributed by atoms with E-state index in [1.807, 2.05) is 5.38 Å². The number of thiazole rings is 1. The highest BCUT2D eigenvalue weighted by Gasteiger charge is 2.15. The maximum Gasteiger partial charge on any atom is 0.306 e. The summed E-state index contributed by atoms with van der Waals surface area (Å²) in [5.41, 5.74) is 4.46. The Morgan fingerprint density at radius 1 is 1.42 bits per heavy atom. The van der Waals surface area contributed by atoms with E-state index in [1.54, 1.807) is 6.92 Å². The highest BCUT2D eigenvalue weighted by molar-refractivity contribution is 7.09. The highest BCUT2D eigenvalue weighted by atomic mass is 32.1. The van der Waals surface area contributed by atoms with E-state index in [1.165, 1.54) is 22.5 Å². The Bertz CT molecular complexity index is 604. The first-order valence-electron chi connectivity index (χ1n) is 6.22. The van der Waals surface area contributed by atoms with Crippen molar-refractivity contribution in [3.05, 3.63) is 39.7 Å². The predicted molar refractivity (Wildman–Crippen MR) is 77.5 cm³/mol. The van der Waals surface area contributed by atoms with Gasteiger partial charge in [-0.15, -0.1) is 11.3 Å². The molecule has 0 bridgehead atoms. The van der Waals surface area contributed by atoms with E-state index in [0.717, 1.165) is 16.3 Å². The molecule has 1 heterocycles. The fraction of sp³-hybridized carbons (Fsp3) is 0.333. The first-order valence-corrected chi connectivity index (χ1v) is 7.10. The lowest BCUT2D eigenvalue weighted by molar-refractivity contribution is -0.141. The molecule has 1 unspecified atom stereocenters. The number of aryl methyl sites for hydroxylation is 2. The van der Waals surface area contributed by atoms with Gasteiger partial charge in [-0.3, -0.25) is 4.79 Å². The van der Waals surface area contributed by atoms with Crippen molar-refractivity contribution in [2.24, 2.45) is 5.92 Å². The van der Waals surface area contributed by atoms with Crippen LogP contribution >= 0.6 is 11.3 Å². The standard InChI is InChI=1S/C15H17NO2S/c1-9-4-5-10(2)12(6-9)13-8-19-14(16-13)7-11(3)15(17)18/h4-6,8,11H,7H2,1-3H3,(H,17,18). The molecule has 0 spiro atoms. The molecule has 0 aliphatic rings. The van der Waals surface area contributed by atoms with Crippen LogP contribution in [0.25, 0.3) is 11.3 Å². The number of benzene rings is 1. The quantitative estimate of drug-likeness (QED) is 0.925. The van der Waals surface area contributed by atoms with Gasteiger partial charge in [0.25, 0.3) is 0 Å².